The predicted octanol–water partition coefficient (Wildman–Crippen LogP) is 7.24. The lowest BCUT2D eigenvalue weighted by atomic mass is 9.98. The van der Waals surface area contributed by atoms with Crippen LogP contribution in [0.5, 0.6) is 17.2 Å². The highest BCUT2D eigenvalue weighted by molar-refractivity contribution is 7.48. The number of benzene rings is 2. The lowest BCUT2D eigenvalue weighted by molar-refractivity contribution is 0.0426. The minimum atomic E-state index is -4.10. The smallest absolute Gasteiger partial charge is 0.497 e. The maximum atomic E-state index is 14.1. The summed E-state index contributed by atoms with van der Waals surface area (Å²) >= 11 is 0. The Balaban J connectivity index is 1.95. The van der Waals surface area contributed by atoms with Gasteiger partial charge in [0.1, 0.15) is 29.5 Å². The fourth-order valence-electron chi connectivity index (χ4n) is 4.51. The Morgan fingerprint density at radius 2 is 1.93 bits per heavy atom. The highest BCUT2D eigenvalue weighted by Crippen LogP contribution is 2.54. The number of pyridine rings is 1. The van der Waals surface area contributed by atoms with E-state index in [1.54, 1.807) is 57.7 Å². The van der Waals surface area contributed by atoms with Gasteiger partial charge in [-0.05, 0) is 76.3 Å². The summed E-state index contributed by atoms with van der Waals surface area (Å²) in [7, 11) is -2.51. The third-order valence-corrected chi connectivity index (χ3v) is 7.78. The second-order valence-electron chi connectivity index (χ2n) is 10.7. The van der Waals surface area contributed by atoms with Gasteiger partial charge in [-0.3, -0.25) is 13.8 Å². The lowest BCUT2D eigenvalue weighted by Crippen LogP contribution is -2.21. The number of methoxy groups -OCH3 is 1. The van der Waals surface area contributed by atoms with Gasteiger partial charge in [0.05, 0.1) is 37.1 Å². The average molecular weight is 572 g/mol. The molecule has 0 aliphatic carbocycles. The van der Waals surface area contributed by atoms with Crippen LogP contribution in [0.2, 0.25) is 0 Å². The maximum Gasteiger partial charge on any atom is 0.531 e. The summed E-state index contributed by atoms with van der Waals surface area (Å²) in [6.45, 7) is 13.2. The standard InChI is InChI=1S/C30H38NO8P/c1-8-15-35-25-17-22-10-9-16-36-29(22)26-27(25)31(19-37-40(33,38-20(2)3)39-30(4,5)6)18-24(28(26)32)21-11-13-23(34-7)14-12-21/h11-14,17-18H,2,8-10,15-16,19H2,1,3-7H3. The fourth-order valence-corrected chi connectivity index (χ4v) is 5.97. The largest absolute Gasteiger partial charge is 0.531 e. The van der Waals surface area contributed by atoms with Gasteiger partial charge in [0, 0.05) is 11.8 Å². The summed E-state index contributed by atoms with van der Waals surface area (Å²) in [5.74, 6) is 1.91. The van der Waals surface area contributed by atoms with Crippen molar-refractivity contribution >= 4 is 18.7 Å². The van der Waals surface area contributed by atoms with E-state index in [4.69, 9.17) is 27.8 Å². The first-order valence-electron chi connectivity index (χ1n) is 13.4. The predicted molar refractivity (Wildman–Crippen MR) is 155 cm³/mol. The minimum Gasteiger partial charge on any atom is -0.497 e. The van der Waals surface area contributed by atoms with Crippen LogP contribution in [0.4, 0.5) is 0 Å². The van der Waals surface area contributed by atoms with Gasteiger partial charge < -0.3 is 23.3 Å². The molecular formula is C30H38NO8P. The molecule has 0 amide bonds. The van der Waals surface area contributed by atoms with E-state index in [2.05, 4.69) is 6.58 Å². The van der Waals surface area contributed by atoms with E-state index < -0.39 is 13.4 Å². The molecule has 10 heteroatoms. The summed E-state index contributed by atoms with van der Waals surface area (Å²) in [6.07, 6.45) is 4.05. The number of aryl methyl sites for hydroxylation is 1. The first-order valence-corrected chi connectivity index (χ1v) is 14.8. The van der Waals surface area contributed by atoms with Crippen molar-refractivity contribution in [3.63, 3.8) is 0 Å². The van der Waals surface area contributed by atoms with Gasteiger partial charge in [-0.25, -0.2) is 4.57 Å². The molecule has 1 aliphatic rings. The fraction of sp³-hybridized carbons (Fsp3) is 0.433. The number of aromatic nitrogens is 1. The van der Waals surface area contributed by atoms with Crippen molar-refractivity contribution in [2.45, 2.75) is 66.2 Å². The van der Waals surface area contributed by atoms with Gasteiger partial charge >= 0.3 is 7.82 Å². The van der Waals surface area contributed by atoms with Gasteiger partial charge in [0.2, 0.25) is 5.43 Å². The molecule has 0 saturated heterocycles. The highest BCUT2D eigenvalue weighted by Gasteiger charge is 2.35. The maximum absolute atomic E-state index is 14.1. The van der Waals surface area contributed by atoms with Crippen LogP contribution in [0.15, 0.2) is 53.7 Å². The Bertz CT molecular complexity index is 1490. The molecular weight excluding hydrogens is 533 g/mol. The van der Waals surface area contributed by atoms with E-state index in [0.717, 1.165) is 24.8 Å². The van der Waals surface area contributed by atoms with E-state index in [1.807, 2.05) is 25.1 Å². The van der Waals surface area contributed by atoms with Gasteiger partial charge in [0.15, 0.2) is 0 Å². The van der Waals surface area contributed by atoms with E-state index in [0.29, 0.717) is 52.5 Å². The number of fused-ring (bicyclic) bond motifs is 3. The van der Waals surface area contributed by atoms with Crippen molar-refractivity contribution < 1.29 is 32.3 Å². The van der Waals surface area contributed by atoms with Crippen LogP contribution >= 0.6 is 7.82 Å². The summed E-state index contributed by atoms with van der Waals surface area (Å²) in [5.41, 5.74) is 1.45. The first kappa shape index (κ1) is 29.7. The third kappa shape index (κ3) is 6.72. The molecule has 0 radical (unpaired) electrons. The van der Waals surface area contributed by atoms with Crippen LogP contribution in [-0.4, -0.2) is 30.5 Å². The topological polar surface area (TPSA) is 94.5 Å². The molecule has 1 atom stereocenters. The Hall–Kier alpha value is -3.26. The van der Waals surface area contributed by atoms with Crippen LogP contribution in [0.3, 0.4) is 0 Å². The van der Waals surface area contributed by atoms with Crippen LogP contribution in [-0.2, 0) is 31.3 Å². The quantitative estimate of drug-likeness (QED) is 0.176. The lowest BCUT2D eigenvalue weighted by Gasteiger charge is -2.27. The number of nitrogens with zero attached hydrogens (tertiary/aromatic N) is 1. The number of phosphoric ester groups is 1. The van der Waals surface area contributed by atoms with Crippen LogP contribution in [0.1, 0.15) is 53.0 Å². The monoisotopic (exact) mass is 571 g/mol. The third-order valence-electron chi connectivity index (χ3n) is 6.05. The molecule has 40 heavy (non-hydrogen) atoms. The summed E-state index contributed by atoms with van der Waals surface area (Å²) in [5, 5.41) is 0.382. The van der Waals surface area contributed by atoms with Gasteiger partial charge in [0.25, 0.3) is 0 Å². The SMILES string of the molecule is C=C(C)OP(=O)(OCn1cc(-c2ccc(OC)cc2)c(=O)c2c3c(cc(OCCC)c21)CCCO3)OC(C)(C)C. The average Bonchev–Trinajstić information content (AvgIpc) is 2.89. The summed E-state index contributed by atoms with van der Waals surface area (Å²) < 4.78 is 49.9. The van der Waals surface area contributed by atoms with E-state index in [1.165, 1.54) is 0 Å². The number of hydrogen-bond donors (Lipinski definition) is 0. The Kier molecular flexibility index (Phi) is 8.98. The number of allylic oxidation sites excluding steroid dienone is 1. The summed E-state index contributed by atoms with van der Waals surface area (Å²) in [6, 6.07) is 9.13. The number of hydrogen-bond acceptors (Lipinski definition) is 8. The van der Waals surface area contributed by atoms with Crippen molar-refractivity contribution in [3.8, 4) is 28.4 Å². The zero-order valence-corrected chi connectivity index (χ0v) is 25.0. The molecule has 9 nitrogen and oxygen atoms in total. The molecule has 2 heterocycles. The zero-order chi connectivity index (χ0) is 29.1. The van der Waals surface area contributed by atoms with Crippen molar-refractivity contribution in [1.82, 2.24) is 4.57 Å². The zero-order valence-electron chi connectivity index (χ0n) is 24.1. The van der Waals surface area contributed by atoms with E-state index in [9.17, 15) is 9.36 Å². The van der Waals surface area contributed by atoms with Crippen molar-refractivity contribution in [2.24, 2.45) is 0 Å². The number of ether oxygens (including phenoxy) is 3. The molecule has 1 aromatic heterocycles. The molecule has 4 rings (SSSR count). The van der Waals surface area contributed by atoms with Gasteiger partial charge in [-0.1, -0.05) is 25.6 Å². The number of rotatable bonds is 11. The molecule has 0 spiro atoms. The van der Waals surface area contributed by atoms with Gasteiger partial charge in [-0.15, -0.1) is 0 Å². The van der Waals surface area contributed by atoms with Crippen molar-refractivity contribution in [3.05, 3.63) is 64.7 Å². The molecule has 0 fully saturated rings. The van der Waals surface area contributed by atoms with E-state index >= 15 is 0 Å². The Morgan fingerprint density at radius 3 is 2.55 bits per heavy atom. The molecule has 0 N–H and O–H groups in total. The second kappa shape index (κ2) is 12.1. The molecule has 1 unspecified atom stereocenters. The van der Waals surface area contributed by atoms with Gasteiger partial charge in [-0.2, -0.15) is 0 Å². The Morgan fingerprint density at radius 1 is 1.20 bits per heavy atom. The molecule has 2 aromatic carbocycles. The molecule has 1 aliphatic heterocycles. The van der Waals surface area contributed by atoms with Crippen LogP contribution in [0, 0.1) is 0 Å². The normalized spacial score (nSPS) is 14.7. The highest BCUT2D eigenvalue weighted by atomic mass is 31.2. The van der Waals surface area contributed by atoms with E-state index in [-0.39, 0.29) is 17.9 Å². The molecule has 3 aromatic rings. The van der Waals surface area contributed by atoms with Crippen LogP contribution < -0.4 is 19.6 Å². The second-order valence-corrected chi connectivity index (χ2v) is 12.2. The van der Waals surface area contributed by atoms with Crippen molar-refractivity contribution in [2.75, 3.05) is 20.3 Å². The Labute approximate surface area is 235 Å². The minimum absolute atomic E-state index is 0.186. The molecule has 0 bridgehead atoms. The first-order chi connectivity index (χ1) is 18.9. The summed E-state index contributed by atoms with van der Waals surface area (Å²) in [4.78, 5) is 14.1. The molecule has 216 valence electrons. The number of phosphoric acid groups is 1. The van der Waals surface area contributed by atoms with Crippen LogP contribution in [0.25, 0.3) is 22.0 Å². The molecule has 0 saturated carbocycles. The van der Waals surface area contributed by atoms with Crippen molar-refractivity contribution in [1.29, 1.82) is 0 Å².